The van der Waals surface area contributed by atoms with E-state index < -0.39 is 6.04 Å². The maximum Gasteiger partial charge on any atom is 0.237 e. The van der Waals surface area contributed by atoms with Crippen LogP contribution < -0.4 is 11.1 Å². The van der Waals surface area contributed by atoms with Gasteiger partial charge in [0.25, 0.3) is 0 Å². The molecule has 4 nitrogen and oxygen atoms in total. The van der Waals surface area contributed by atoms with E-state index in [0.717, 1.165) is 17.5 Å². The van der Waals surface area contributed by atoms with Crippen LogP contribution in [0.15, 0.2) is 54.9 Å². The molecule has 0 aliphatic carbocycles. The van der Waals surface area contributed by atoms with E-state index in [1.54, 1.807) is 12.4 Å². The lowest BCUT2D eigenvalue weighted by atomic mass is 10.1. The fourth-order valence-corrected chi connectivity index (χ4v) is 1.97. The molecule has 0 bridgehead atoms. The van der Waals surface area contributed by atoms with Crippen LogP contribution in [0.5, 0.6) is 0 Å². The van der Waals surface area contributed by atoms with Crippen LogP contribution in [0.4, 0.5) is 0 Å². The monoisotopic (exact) mass is 341 g/mol. The van der Waals surface area contributed by atoms with Crippen molar-refractivity contribution in [3.05, 3.63) is 66.0 Å². The summed E-state index contributed by atoms with van der Waals surface area (Å²) in [7, 11) is 0. The molecule has 0 aliphatic rings. The number of nitrogens with two attached hydrogens (primary N) is 1. The Morgan fingerprint density at radius 3 is 2.41 bits per heavy atom. The van der Waals surface area contributed by atoms with Gasteiger partial charge in [-0.25, -0.2) is 0 Å². The van der Waals surface area contributed by atoms with Crippen LogP contribution >= 0.6 is 24.8 Å². The van der Waals surface area contributed by atoms with Crippen molar-refractivity contribution in [3.63, 3.8) is 0 Å². The third-order valence-electron chi connectivity index (χ3n) is 3.07. The van der Waals surface area contributed by atoms with Crippen LogP contribution in [0, 0.1) is 0 Å². The second-order valence-electron chi connectivity index (χ2n) is 4.70. The lowest BCUT2D eigenvalue weighted by Gasteiger charge is -2.12. The lowest BCUT2D eigenvalue weighted by molar-refractivity contribution is -0.122. The van der Waals surface area contributed by atoms with Crippen molar-refractivity contribution in [2.45, 2.75) is 18.9 Å². The molecule has 2 aromatic rings. The highest BCUT2D eigenvalue weighted by atomic mass is 35.5. The van der Waals surface area contributed by atoms with E-state index in [0.29, 0.717) is 13.0 Å². The molecule has 22 heavy (non-hydrogen) atoms. The molecule has 0 aliphatic heterocycles. The molecular formula is C16H21Cl2N3O. The Morgan fingerprint density at radius 2 is 1.77 bits per heavy atom. The standard InChI is InChI=1S/C16H19N3O.2ClH/c17-15(11-13-5-2-1-3-6-13)16(20)19-10-8-14-7-4-9-18-12-14;;/h1-7,9,12,15H,8,10-11,17H2,(H,19,20);2*1H. The van der Waals surface area contributed by atoms with Gasteiger partial charge in [0.05, 0.1) is 6.04 Å². The number of nitrogens with zero attached hydrogens (tertiary/aromatic N) is 1. The zero-order chi connectivity index (χ0) is 14.2. The zero-order valence-corrected chi connectivity index (χ0v) is 13.8. The molecule has 0 fully saturated rings. The van der Waals surface area contributed by atoms with Crippen molar-refractivity contribution in [2.75, 3.05) is 6.54 Å². The molecule has 0 saturated carbocycles. The van der Waals surface area contributed by atoms with Gasteiger partial charge in [0.1, 0.15) is 0 Å². The van der Waals surface area contributed by atoms with Crippen LogP contribution in [0.3, 0.4) is 0 Å². The number of carbonyl (C=O) groups is 1. The molecule has 2 rings (SSSR count). The molecule has 1 aromatic heterocycles. The summed E-state index contributed by atoms with van der Waals surface area (Å²) in [5.74, 6) is -0.113. The van der Waals surface area contributed by atoms with Crippen LogP contribution in [0.1, 0.15) is 11.1 Å². The third-order valence-corrected chi connectivity index (χ3v) is 3.07. The molecule has 6 heteroatoms. The summed E-state index contributed by atoms with van der Waals surface area (Å²) >= 11 is 0. The maximum absolute atomic E-state index is 11.9. The minimum absolute atomic E-state index is 0. The summed E-state index contributed by atoms with van der Waals surface area (Å²) in [6.45, 7) is 0.576. The number of hydrogen-bond acceptors (Lipinski definition) is 3. The van der Waals surface area contributed by atoms with Gasteiger partial charge in [-0.3, -0.25) is 9.78 Å². The highest BCUT2D eigenvalue weighted by Crippen LogP contribution is 2.02. The molecule has 1 heterocycles. The largest absolute Gasteiger partial charge is 0.354 e. The van der Waals surface area contributed by atoms with Gasteiger partial charge in [0, 0.05) is 18.9 Å². The van der Waals surface area contributed by atoms with Gasteiger partial charge in [-0.05, 0) is 30.0 Å². The number of benzene rings is 1. The van der Waals surface area contributed by atoms with Gasteiger partial charge < -0.3 is 11.1 Å². The number of hydrogen-bond donors (Lipinski definition) is 2. The number of aromatic nitrogens is 1. The third kappa shape index (κ3) is 6.89. The van der Waals surface area contributed by atoms with E-state index in [4.69, 9.17) is 5.73 Å². The summed E-state index contributed by atoms with van der Waals surface area (Å²) in [4.78, 5) is 15.9. The average molecular weight is 342 g/mol. The first kappa shape index (κ1) is 20.4. The van der Waals surface area contributed by atoms with Crippen molar-refractivity contribution in [1.82, 2.24) is 10.3 Å². The Bertz CT molecular complexity index is 538. The molecule has 1 amide bonds. The van der Waals surface area contributed by atoms with Crippen molar-refractivity contribution in [3.8, 4) is 0 Å². The second kappa shape index (κ2) is 11.0. The van der Waals surface area contributed by atoms with E-state index in [9.17, 15) is 4.79 Å². The first-order valence-corrected chi connectivity index (χ1v) is 6.72. The van der Waals surface area contributed by atoms with Crippen LogP contribution in [-0.2, 0) is 17.6 Å². The SMILES string of the molecule is Cl.Cl.NC(Cc1ccccc1)C(=O)NCCc1cccnc1. The average Bonchev–Trinajstić information content (AvgIpc) is 2.49. The predicted octanol–water partition coefficient (Wildman–Crippen LogP) is 2.15. The maximum atomic E-state index is 11.9. The minimum atomic E-state index is -0.508. The van der Waals surface area contributed by atoms with Crippen molar-refractivity contribution in [1.29, 1.82) is 0 Å². The number of rotatable bonds is 6. The minimum Gasteiger partial charge on any atom is -0.354 e. The molecular weight excluding hydrogens is 321 g/mol. The van der Waals surface area contributed by atoms with Crippen molar-refractivity contribution in [2.24, 2.45) is 5.73 Å². The normalized spacial score (nSPS) is 10.8. The van der Waals surface area contributed by atoms with E-state index in [1.165, 1.54) is 0 Å². The summed E-state index contributed by atoms with van der Waals surface area (Å²) in [6.07, 6.45) is 4.85. The fourth-order valence-electron chi connectivity index (χ4n) is 1.97. The van der Waals surface area contributed by atoms with E-state index in [1.807, 2.05) is 42.5 Å². The number of nitrogens with one attached hydrogen (secondary N) is 1. The first-order chi connectivity index (χ1) is 9.75. The number of amides is 1. The quantitative estimate of drug-likeness (QED) is 0.845. The van der Waals surface area contributed by atoms with Crippen molar-refractivity contribution >= 4 is 30.7 Å². The van der Waals surface area contributed by atoms with E-state index in [-0.39, 0.29) is 30.7 Å². The highest BCUT2D eigenvalue weighted by molar-refractivity contribution is 5.85. The van der Waals surface area contributed by atoms with Crippen LogP contribution in [-0.4, -0.2) is 23.5 Å². The van der Waals surface area contributed by atoms with Gasteiger partial charge in [-0.2, -0.15) is 0 Å². The van der Waals surface area contributed by atoms with Crippen LogP contribution in [0.2, 0.25) is 0 Å². The number of pyridine rings is 1. The Hall–Kier alpha value is -1.62. The molecule has 1 atom stereocenters. The second-order valence-corrected chi connectivity index (χ2v) is 4.70. The molecule has 3 N–H and O–H groups in total. The predicted molar refractivity (Wildman–Crippen MR) is 93.6 cm³/mol. The molecule has 0 radical (unpaired) electrons. The van der Waals surface area contributed by atoms with Crippen molar-refractivity contribution < 1.29 is 4.79 Å². The Morgan fingerprint density at radius 1 is 1.09 bits per heavy atom. The first-order valence-electron chi connectivity index (χ1n) is 6.72. The van der Waals surface area contributed by atoms with E-state index in [2.05, 4.69) is 10.3 Å². The number of carbonyl (C=O) groups excluding carboxylic acids is 1. The summed E-state index contributed by atoms with van der Waals surface area (Å²) in [6, 6.07) is 13.2. The molecule has 1 unspecified atom stereocenters. The molecule has 0 saturated heterocycles. The van der Waals surface area contributed by atoms with Gasteiger partial charge in [-0.1, -0.05) is 36.4 Å². The Labute approximate surface area is 143 Å². The summed E-state index contributed by atoms with van der Waals surface area (Å²) < 4.78 is 0. The Kier molecular flexibility index (Phi) is 10.2. The topological polar surface area (TPSA) is 68.0 Å². The Balaban J connectivity index is 0.00000220. The van der Waals surface area contributed by atoms with Gasteiger partial charge in [0.15, 0.2) is 0 Å². The molecule has 1 aromatic carbocycles. The van der Waals surface area contributed by atoms with E-state index >= 15 is 0 Å². The van der Waals surface area contributed by atoms with Gasteiger partial charge in [-0.15, -0.1) is 24.8 Å². The zero-order valence-electron chi connectivity index (χ0n) is 12.1. The molecule has 120 valence electrons. The van der Waals surface area contributed by atoms with Gasteiger partial charge >= 0.3 is 0 Å². The van der Waals surface area contributed by atoms with Crippen LogP contribution in [0.25, 0.3) is 0 Å². The smallest absolute Gasteiger partial charge is 0.237 e. The fraction of sp³-hybridized carbons (Fsp3) is 0.250. The highest BCUT2D eigenvalue weighted by Gasteiger charge is 2.13. The number of halogens is 2. The summed E-state index contributed by atoms with van der Waals surface area (Å²) in [5, 5.41) is 2.86. The van der Waals surface area contributed by atoms with Gasteiger partial charge in [0.2, 0.25) is 5.91 Å². The summed E-state index contributed by atoms with van der Waals surface area (Å²) in [5.41, 5.74) is 8.08. The lowest BCUT2D eigenvalue weighted by Crippen LogP contribution is -2.42. The molecule has 0 spiro atoms.